The average Bonchev–Trinajstić information content (AvgIpc) is 3.27. The fourth-order valence-corrected chi connectivity index (χ4v) is 3.36. The zero-order valence-electron chi connectivity index (χ0n) is 12.3. The molecule has 0 radical (unpaired) electrons. The number of carbonyl (C=O) groups excluding carboxylic acids is 1. The van der Waals surface area contributed by atoms with Gasteiger partial charge in [-0.05, 0) is 31.6 Å². The predicted molar refractivity (Wildman–Crippen MR) is 75.6 cm³/mol. The molecule has 1 amide bonds. The van der Waals surface area contributed by atoms with E-state index in [0.717, 1.165) is 50.8 Å². The van der Waals surface area contributed by atoms with Gasteiger partial charge in [-0.25, -0.2) is 0 Å². The molecule has 3 aliphatic rings. The quantitative estimate of drug-likeness (QED) is 0.842. The first-order valence-corrected chi connectivity index (χ1v) is 8.09. The summed E-state index contributed by atoms with van der Waals surface area (Å²) in [6.07, 6.45) is 5.17. The van der Waals surface area contributed by atoms with Gasteiger partial charge in [0.05, 0.1) is 6.54 Å². The van der Waals surface area contributed by atoms with E-state index in [1.807, 2.05) is 4.90 Å². The molecule has 0 bridgehead atoms. The van der Waals surface area contributed by atoms with Gasteiger partial charge in [0.15, 0.2) is 5.82 Å². The molecule has 2 aliphatic heterocycles. The van der Waals surface area contributed by atoms with Crippen LogP contribution in [0.3, 0.4) is 0 Å². The SMILES string of the molecule is O=C(CC1CCOCC1)N1CCn2c(nnc2C2CC2)C1. The second kappa shape index (κ2) is 5.40. The largest absolute Gasteiger partial charge is 0.381 e. The molecule has 2 fully saturated rings. The zero-order valence-corrected chi connectivity index (χ0v) is 12.3. The highest BCUT2D eigenvalue weighted by atomic mass is 16.5. The molecule has 6 nitrogen and oxygen atoms in total. The van der Waals surface area contributed by atoms with Crippen LogP contribution in [0.4, 0.5) is 0 Å². The Hall–Kier alpha value is -1.43. The molecule has 1 aromatic rings. The summed E-state index contributed by atoms with van der Waals surface area (Å²) in [4.78, 5) is 14.4. The second-order valence-corrected chi connectivity index (χ2v) is 6.48. The van der Waals surface area contributed by atoms with E-state index in [-0.39, 0.29) is 5.91 Å². The number of ether oxygens (including phenoxy) is 1. The van der Waals surface area contributed by atoms with Crippen molar-refractivity contribution < 1.29 is 9.53 Å². The van der Waals surface area contributed by atoms with Crippen molar-refractivity contribution in [2.24, 2.45) is 5.92 Å². The normalized spacial score (nSPS) is 23.1. The Morgan fingerprint density at radius 2 is 1.95 bits per heavy atom. The summed E-state index contributed by atoms with van der Waals surface area (Å²) in [6.45, 7) is 3.89. The van der Waals surface area contributed by atoms with Crippen molar-refractivity contribution in [3.63, 3.8) is 0 Å². The van der Waals surface area contributed by atoms with E-state index in [9.17, 15) is 4.79 Å². The van der Waals surface area contributed by atoms with Gasteiger partial charge < -0.3 is 14.2 Å². The third-order valence-corrected chi connectivity index (χ3v) is 4.88. The molecule has 6 heteroatoms. The molecule has 0 atom stereocenters. The second-order valence-electron chi connectivity index (χ2n) is 6.48. The fraction of sp³-hybridized carbons (Fsp3) is 0.800. The minimum Gasteiger partial charge on any atom is -0.381 e. The van der Waals surface area contributed by atoms with E-state index in [4.69, 9.17) is 4.74 Å². The minimum absolute atomic E-state index is 0.268. The van der Waals surface area contributed by atoms with Crippen LogP contribution in [0.5, 0.6) is 0 Å². The highest BCUT2D eigenvalue weighted by molar-refractivity contribution is 5.76. The number of rotatable bonds is 3. The maximum atomic E-state index is 12.5. The van der Waals surface area contributed by atoms with Crippen LogP contribution in [0.2, 0.25) is 0 Å². The number of aromatic nitrogens is 3. The summed E-state index contributed by atoms with van der Waals surface area (Å²) in [5.41, 5.74) is 0. The number of hydrogen-bond donors (Lipinski definition) is 0. The van der Waals surface area contributed by atoms with E-state index in [2.05, 4.69) is 14.8 Å². The summed E-state index contributed by atoms with van der Waals surface area (Å²) in [5, 5.41) is 8.62. The van der Waals surface area contributed by atoms with E-state index < -0.39 is 0 Å². The van der Waals surface area contributed by atoms with Crippen LogP contribution >= 0.6 is 0 Å². The Morgan fingerprint density at radius 1 is 1.14 bits per heavy atom. The zero-order chi connectivity index (χ0) is 14.2. The Morgan fingerprint density at radius 3 is 2.71 bits per heavy atom. The lowest BCUT2D eigenvalue weighted by Gasteiger charge is -2.30. The van der Waals surface area contributed by atoms with E-state index in [1.54, 1.807) is 0 Å². The third-order valence-electron chi connectivity index (χ3n) is 4.88. The predicted octanol–water partition coefficient (Wildman–Crippen LogP) is 1.31. The molecule has 0 aromatic carbocycles. The maximum Gasteiger partial charge on any atom is 0.223 e. The average molecular weight is 290 g/mol. The topological polar surface area (TPSA) is 60.2 Å². The smallest absolute Gasteiger partial charge is 0.223 e. The van der Waals surface area contributed by atoms with Gasteiger partial charge in [-0.2, -0.15) is 0 Å². The van der Waals surface area contributed by atoms with Crippen LogP contribution in [0.15, 0.2) is 0 Å². The van der Waals surface area contributed by atoms with Gasteiger partial charge >= 0.3 is 0 Å². The van der Waals surface area contributed by atoms with Crippen LogP contribution in [-0.2, 0) is 22.6 Å². The number of nitrogens with zero attached hydrogens (tertiary/aromatic N) is 4. The van der Waals surface area contributed by atoms with Crippen LogP contribution in [0.25, 0.3) is 0 Å². The number of fused-ring (bicyclic) bond motifs is 1. The first-order valence-electron chi connectivity index (χ1n) is 8.09. The summed E-state index contributed by atoms with van der Waals surface area (Å²) >= 11 is 0. The molecule has 4 rings (SSSR count). The van der Waals surface area contributed by atoms with Crippen molar-refractivity contribution in [2.45, 2.75) is 51.1 Å². The van der Waals surface area contributed by atoms with Crippen LogP contribution in [-0.4, -0.2) is 45.3 Å². The Bertz CT molecular complexity index is 532. The maximum absolute atomic E-state index is 12.5. The molecule has 1 aromatic heterocycles. The van der Waals surface area contributed by atoms with Crippen LogP contribution < -0.4 is 0 Å². The van der Waals surface area contributed by atoms with Crippen molar-refractivity contribution in [2.75, 3.05) is 19.8 Å². The van der Waals surface area contributed by atoms with Crippen LogP contribution in [0.1, 0.15) is 49.7 Å². The molecule has 114 valence electrons. The summed E-state index contributed by atoms with van der Waals surface area (Å²) in [6, 6.07) is 0. The third kappa shape index (κ3) is 2.69. The Kier molecular flexibility index (Phi) is 3.41. The molecule has 21 heavy (non-hydrogen) atoms. The molecule has 3 heterocycles. The van der Waals surface area contributed by atoms with Crippen molar-refractivity contribution in [3.05, 3.63) is 11.6 Å². The van der Waals surface area contributed by atoms with E-state index in [1.165, 1.54) is 12.8 Å². The van der Waals surface area contributed by atoms with Gasteiger partial charge in [0.1, 0.15) is 5.82 Å². The molecular weight excluding hydrogens is 268 g/mol. The Labute approximate surface area is 124 Å². The number of hydrogen-bond acceptors (Lipinski definition) is 4. The highest BCUT2D eigenvalue weighted by Gasteiger charge is 2.33. The van der Waals surface area contributed by atoms with Crippen molar-refractivity contribution in [3.8, 4) is 0 Å². The molecule has 1 aliphatic carbocycles. The molecule has 0 N–H and O–H groups in total. The standard InChI is InChI=1S/C15H22N4O2/c20-14(9-11-3-7-21-8-4-11)18-5-6-19-13(10-18)16-17-15(19)12-1-2-12/h11-12H,1-10H2. The molecule has 0 unspecified atom stereocenters. The molecule has 1 saturated carbocycles. The summed E-state index contributed by atoms with van der Waals surface area (Å²) in [7, 11) is 0. The number of amides is 1. The van der Waals surface area contributed by atoms with Crippen molar-refractivity contribution in [1.29, 1.82) is 0 Å². The lowest BCUT2D eigenvalue weighted by molar-refractivity contribution is -0.134. The number of carbonyl (C=O) groups is 1. The molecular formula is C15H22N4O2. The molecule has 1 saturated heterocycles. The molecule has 0 spiro atoms. The highest BCUT2D eigenvalue weighted by Crippen LogP contribution is 2.39. The first kappa shape index (κ1) is 13.2. The van der Waals surface area contributed by atoms with Gasteiger partial charge in [0.2, 0.25) is 5.91 Å². The van der Waals surface area contributed by atoms with Gasteiger partial charge in [0, 0.05) is 38.6 Å². The first-order chi connectivity index (χ1) is 10.3. The van der Waals surface area contributed by atoms with Gasteiger partial charge in [0.25, 0.3) is 0 Å². The Balaban J connectivity index is 1.39. The van der Waals surface area contributed by atoms with Crippen molar-refractivity contribution >= 4 is 5.91 Å². The van der Waals surface area contributed by atoms with Gasteiger partial charge in [-0.3, -0.25) is 4.79 Å². The van der Waals surface area contributed by atoms with Crippen molar-refractivity contribution in [1.82, 2.24) is 19.7 Å². The lowest BCUT2D eigenvalue weighted by Crippen LogP contribution is -2.39. The monoisotopic (exact) mass is 290 g/mol. The fourth-order valence-electron chi connectivity index (χ4n) is 3.36. The summed E-state index contributed by atoms with van der Waals surface area (Å²) in [5.74, 6) is 3.48. The van der Waals surface area contributed by atoms with E-state index >= 15 is 0 Å². The van der Waals surface area contributed by atoms with E-state index in [0.29, 0.717) is 24.8 Å². The van der Waals surface area contributed by atoms with Gasteiger partial charge in [-0.15, -0.1) is 10.2 Å². The minimum atomic E-state index is 0.268. The van der Waals surface area contributed by atoms with Crippen LogP contribution in [0, 0.1) is 5.92 Å². The lowest BCUT2D eigenvalue weighted by atomic mass is 9.96. The van der Waals surface area contributed by atoms with Gasteiger partial charge in [-0.1, -0.05) is 0 Å². The summed E-state index contributed by atoms with van der Waals surface area (Å²) < 4.78 is 7.59.